The summed E-state index contributed by atoms with van der Waals surface area (Å²) < 4.78 is 0. The van der Waals surface area contributed by atoms with Crippen molar-refractivity contribution in [2.45, 2.75) is 71.4 Å². The van der Waals surface area contributed by atoms with Crippen LogP contribution in [0.1, 0.15) is 71.3 Å². The summed E-state index contributed by atoms with van der Waals surface area (Å²) in [5.41, 5.74) is 2.06. The third-order valence-corrected chi connectivity index (χ3v) is 8.06. The van der Waals surface area contributed by atoms with Gasteiger partial charge in [-0.1, -0.05) is 68.3 Å². The van der Waals surface area contributed by atoms with Gasteiger partial charge in [-0.2, -0.15) is 0 Å². The quantitative estimate of drug-likeness (QED) is 0.485. The van der Waals surface area contributed by atoms with E-state index in [0.717, 1.165) is 44.1 Å². The molecule has 5 nitrogen and oxygen atoms in total. The molecule has 1 aromatic rings. The van der Waals surface area contributed by atoms with Crippen molar-refractivity contribution < 1.29 is 9.59 Å². The van der Waals surface area contributed by atoms with E-state index in [-0.39, 0.29) is 17.7 Å². The van der Waals surface area contributed by atoms with Crippen LogP contribution in [0.15, 0.2) is 53.1 Å². The number of amides is 2. The summed E-state index contributed by atoms with van der Waals surface area (Å²) in [4.78, 5) is 33.1. The predicted molar refractivity (Wildman–Crippen MR) is 142 cm³/mol. The van der Waals surface area contributed by atoms with Gasteiger partial charge in [-0.05, 0) is 68.9 Å². The van der Waals surface area contributed by atoms with Crippen LogP contribution in [-0.2, 0) is 9.59 Å². The average molecular weight is 496 g/mol. The van der Waals surface area contributed by atoms with E-state index < -0.39 is 5.66 Å². The molecular formula is C29H38ClN3O2. The zero-order valence-corrected chi connectivity index (χ0v) is 22.0. The number of benzene rings is 1. The number of aliphatic imine (C=N–C) groups is 1. The predicted octanol–water partition coefficient (Wildman–Crippen LogP) is 5.93. The Balaban J connectivity index is 1.48. The summed E-state index contributed by atoms with van der Waals surface area (Å²) in [6.45, 7) is 7.97. The zero-order chi connectivity index (χ0) is 25.0. The van der Waals surface area contributed by atoms with Crippen molar-refractivity contribution in [2.24, 2.45) is 22.7 Å². The number of carbonyl (C=O) groups excluding carboxylic acids is 2. The van der Waals surface area contributed by atoms with E-state index >= 15 is 0 Å². The minimum absolute atomic E-state index is 0.00692. The van der Waals surface area contributed by atoms with Gasteiger partial charge in [0.25, 0.3) is 5.91 Å². The van der Waals surface area contributed by atoms with Crippen LogP contribution in [0.25, 0.3) is 0 Å². The van der Waals surface area contributed by atoms with Crippen LogP contribution >= 0.6 is 11.6 Å². The molecule has 6 heteroatoms. The Morgan fingerprint density at radius 3 is 2.69 bits per heavy atom. The Kier molecular flexibility index (Phi) is 8.16. The Morgan fingerprint density at radius 2 is 2.06 bits per heavy atom. The van der Waals surface area contributed by atoms with E-state index in [2.05, 4.69) is 38.2 Å². The number of halogens is 1. The highest BCUT2D eigenvalue weighted by Crippen LogP contribution is 2.44. The molecule has 1 atom stereocenters. The molecule has 1 saturated carbocycles. The van der Waals surface area contributed by atoms with Crippen LogP contribution in [0.5, 0.6) is 0 Å². The van der Waals surface area contributed by atoms with E-state index in [9.17, 15) is 9.59 Å². The van der Waals surface area contributed by atoms with Crippen molar-refractivity contribution in [1.82, 2.24) is 10.2 Å². The highest BCUT2D eigenvalue weighted by atomic mass is 35.5. The minimum atomic E-state index is -0.457. The smallest absolute Gasteiger partial charge is 0.274 e. The molecule has 1 N–H and O–H groups in total. The molecule has 2 amide bonds. The van der Waals surface area contributed by atoms with Crippen LogP contribution in [-0.4, -0.2) is 41.2 Å². The summed E-state index contributed by atoms with van der Waals surface area (Å²) in [5, 5.41) is 3.59. The van der Waals surface area contributed by atoms with Gasteiger partial charge in [-0.3, -0.25) is 14.6 Å². The molecule has 1 unspecified atom stereocenters. The maximum atomic E-state index is 13.7. The Morgan fingerprint density at radius 1 is 1.29 bits per heavy atom. The normalized spacial score (nSPS) is 26.3. The lowest BCUT2D eigenvalue weighted by atomic mass is 9.76. The summed E-state index contributed by atoms with van der Waals surface area (Å²) in [5.74, 6) is 1.33. The van der Waals surface area contributed by atoms with E-state index in [0.29, 0.717) is 42.1 Å². The molecule has 0 bridgehead atoms. The topological polar surface area (TPSA) is 61.8 Å². The van der Waals surface area contributed by atoms with Gasteiger partial charge in [-0.25, -0.2) is 0 Å². The van der Waals surface area contributed by atoms with Gasteiger partial charge in [-0.15, -0.1) is 0 Å². The molecule has 0 saturated heterocycles. The van der Waals surface area contributed by atoms with E-state index in [1.54, 1.807) is 0 Å². The number of nitrogens with zero attached hydrogens (tertiary/aromatic N) is 2. The Hall–Kier alpha value is -2.40. The summed E-state index contributed by atoms with van der Waals surface area (Å²) >= 11 is 6.24. The highest BCUT2D eigenvalue weighted by molar-refractivity contribution is 6.47. The SMILES string of the molecule is CCCNC(=O)C1C=CC(CCN2C(=O)C(c3cccc(Cl)c3)=NC23CCC(C(C)C)CC3)=CC1. The second kappa shape index (κ2) is 11.1. The molecule has 1 aromatic carbocycles. The summed E-state index contributed by atoms with van der Waals surface area (Å²) in [6.07, 6.45) is 12.6. The van der Waals surface area contributed by atoms with Crippen molar-refractivity contribution >= 4 is 29.1 Å². The molecule has 1 fully saturated rings. The van der Waals surface area contributed by atoms with Gasteiger partial charge >= 0.3 is 0 Å². The maximum absolute atomic E-state index is 13.7. The van der Waals surface area contributed by atoms with Gasteiger partial charge in [0, 0.05) is 23.7 Å². The third-order valence-electron chi connectivity index (χ3n) is 7.83. The molecule has 4 rings (SSSR count). The number of nitrogens with one attached hydrogen (secondary N) is 1. The minimum Gasteiger partial charge on any atom is -0.356 e. The van der Waals surface area contributed by atoms with E-state index in [4.69, 9.17) is 16.6 Å². The molecule has 1 heterocycles. The Labute approximate surface area is 214 Å². The molecule has 1 aliphatic heterocycles. The van der Waals surface area contributed by atoms with Crippen LogP contribution in [0.3, 0.4) is 0 Å². The van der Waals surface area contributed by atoms with Crippen LogP contribution < -0.4 is 5.32 Å². The number of allylic oxidation sites excluding steroid dienone is 2. The van der Waals surface area contributed by atoms with Gasteiger partial charge in [0.1, 0.15) is 11.4 Å². The molecule has 0 radical (unpaired) electrons. The van der Waals surface area contributed by atoms with Crippen molar-refractivity contribution in [3.63, 3.8) is 0 Å². The first kappa shape index (κ1) is 25.7. The lowest BCUT2D eigenvalue weighted by Gasteiger charge is -2.42. The van der Waals surface area contributed by atoms with Gasteiger partial charge < -0.3 is 10.2 Å². The van der Waals surface area contributed by atoms with Gasteiger partial charge in [0.05, 0.1) is 5.92 Å². The van der Waals surface area contributed by atoms with Crippen LogP contribution in [0.2, 0.25) is 5.02 Å². The van der Waals surface area contributed by atoms with Crippen molar-refractivity contribution in [3.05, 3.63) is 58.7 Å². The van der Waals surface area contributed by atoms with Crippen molar-refractivity contribution in [1.29, 1.82) is 0 Å². The molecule has 35 heavy (non-hydrogen) atoms. The summed E-state index contributed by atoms with van der Waals surface area (Å²) in [6, 6.07) is 7.47. The molecular weight excluding hydrogens is 458 g/mol. The lowest BCUT2D eigenvalue weighted by molar-refractivity contribution is -0.129. The number of hydrogen-bond donors (Lipinski definition) is 1. The number of hydrogen-bond acceptors (Lipinski definition) is 3. The van der Waals surface area contributed by atoms with Crippen LogP contribution in [0.4, 0.5) is 0 Å². The molecule has 1 spiro atoms. The maximum Gasteiger partial charge on any atom is 0.274 e. The molecule has 188 valence electrons. The van der Waals surface area contributed by atoms with Gasteiger partial charge in [0.15, 0.2) is 0 Å². The summed E-state index contributed by atoms with van der Waals surface area (Å²) in [7, 11) is 0. The number of carbonyl (C=O) groups is 2. The highest BCUT2D eigenvalue weighted by Gasteiger charge is 2.49. The van der Waals surface area contributed by atoms with Crippen molar-refractivity contribution in [2.75, 3.05) is 13.1 Å². The molecule has 3 aliphatic rings. The fourth-order valence-electron chi connectivity index (χ4n) is 5.58. The third kappa shape index (κ3) is 5.72. The van der Waals surface area contributed by atoms with Crippen molar-refractivity contribution in [3.8, 4) is 0 Å². The first-order chi connectivity index (χ1) is 16.8. The first-order valence-electron chi connectivity index (χ1n) is 13.2. The first-order valence-corrected chi connectivity index (χ1v) is 13.5. The standard InChI is InChI=1S/C29H38ClN3O2/c1-4-17-31-27(34)23-10-8-21(9-11-23)14-18-33-28(35)26(24-6-5-7-25(30)19-24)32-29(33)15-12-22(13-16-29)20(2)3/h5-10,19-20,22-23H,4,11-18H2,1-3H3,(H,31,34). The largest absolute Gasteiger partial charge is 0.356 e. The fraction of sp³-hybridized carbons (Fsp3) is 0.552. The van der Waals surface area contributed by atoms with Gasteiger partial charge in [0.2, 0.25) is 5.91 Å². The fourth-order valence-corrected chi connectivity index (χ4v) is 5.77. The monoisotopic (exact) mass is 495 g/mol. The zero-order valence-electron chi connectivity index (χ0n) is 21.2. The van der Waals surface area contributed by atoms with E-state index in [1.165, 1.54) is 5.57 Å². The lowest BCUT2D eigenvalue weighted by Crippen LogP contribution is -2.49. The van der Waals surface area contributed by atoms with E-state index in [1.807, 2.05) is 35.2 Å². The van der Waals surface area contributed by atoms with Crippen LogP contribution in [0, 0.1) is 17.8 Å². The second-order valence-electron chi connectivity index (χ2n) is 10.5. The molecule has 2 aliphatic carbocycles. The number of rotatable bonds is 8. The average Bonchev–Trinajstić information content (AvgIpc) is 3.12. The second-order valence-corrected chi connectivity index (χ2v) is 10.9. The molecule has 0 aromatic heterocycles. The Bertz CT molecular complexity index is 1030.